The van der Waals surface area contributed by atoms with Gasteiger partial charge in [-0.15, -0.1) is 0 Å². The predicted molar refractivity (Wildman–Crippen MR) is 66.4 cm³/mol. The van der Waals surface area contributed by atoms with Crippen LogP contribution in [0, 0.1) is 11.6 Å². The monoisotopic (exact) mass is 316 g/mol. The zero-order valence-corrected chi connectivity index (χ0v) is 10.9. The summed E-state index contributed by atoms with van der Waals surface area (Å²) < 4.78 is 27.0. The van der Waals surface area contributed by atoms with Crippen molar-refractivity contribution in [3.8, 4) is 0 Å². The number of thiophene rings is 1. The van der Waals surface area contributed by atoms with Crippen LogP contribution in [0.5, 0.6) is 0 Å². The number of rotatable bonds is 3. The molecule has 0 unspecified atom stereocenters. The second kappa shape index (κ2) is 5.06. The van der Waals surface area contributed by atoms with E-state index in [2.05, 4.69) is 15.9 Å². The highest BCUT2D eigenvalue weighted by atomic mass is 79.9. The average Bonchev–Trinajstić information content (AvgIpc) is 2.71. The van der Waals surface area contributed by atoms with E-state index < -0.39 is 11.6 Å². The summed E-state index contributed by atoms with van der Waals surface area (Å²) in [7, 11) is 0. The zero-order chi connectivity index (χ0) is 12.4. The maximum Gasteiger partial charge on any atom is 0.169 e. The Balaban J connectivity index is 2.25. The molecule has 0 aliphatic heterocycles. The second-order valence-corrected chi connectivity index (χ2v) is 5.04. The summed E-state index contributed by atoms with van der Waals surface area (Å²) in [6.07, 6.45) is -0.140. The van der Waals surface area contributed by atoms with Crippen molar-refractivity contribution in [1.29, 1.82) is 0 Å². The van der Waals surface area contributed by atoms with Crippen LogP contribution in [0.15, 0.2) is 33.4 Å². The molecule has 0 aliphatic rings. The molecular weight excluding hydrogens is 310 g/mol. The van der Waals surface area contributed by atoms with Crippen molar-refractivity contribution in [2.75, 3.05) is 0 Å². The Morgan fingerprint density at radius 2 is 2.06 bits per heavy atom. The van der Waals surface area contributed by atoms with Gasteiger partial charge in [-0.25, -0.2) is 8.78 Å². The van der Waals surface area contributed by atoms with Crippen molar-refractivity contribution in [3.63, 3.8) is 0 Å². The first kappa shape index (κ1) is 12.4. The molecule has 0 aliphatic carbocycles. The smallest absolute Gasteiger partial charge is 0.169 e. The van der Waals surface area contributed by atoms with E-state index >= 15 is 0 Å². The third-order valence-electron chi connectivity index (χ3n) is 2.30. The number of hydrogen-bond donors (Lipinski definition) is 0. The third-order valence-corrected chi connectivity index (χ3v) is 4.00. The number of halogens is 3. The molecule has 0 saturated heterocycles. The summed E-state index contributed by atoms with van der Waals surface area (Å²) >= 11 is 4.61. The van der Waals surface area contributed by atoms with Crippen molar-refractivity contribution < 1.29 is 13.6 Å². The van der Waals surface area contributed by atoms with E-state index in [1.165, 1.54) is 23.5 Å². The lowest BCUT2D eigenvalue weighted by Crippen LogP contribution is -2.05. The highest BCUT2D eigenvalue weighted by Crippen LogP contribution is 2.23. The van der Waals surface area contributed by atoms with Gasteiger partial charge in [0.05, 0.1) is 0 Å². The maximum atomic E-state index is 13.4. The molecule has 0 amide bonds. The molecule has 0 bridgehead atoms. The molecule has 1 aromatic heterocycles. The number of Topliss-reactive ketones (excluding diaryl/α,β-unsaturated/α-hetero) is 1. The lowest BCUT2D eigenvalue weighted by molar-refractivity contribution is 0.0991. The molecule has 1 aromatic carbocycles. The highest BCUT2D eigenvalue weighted by molar-refractivity contribution is 9.10. The van der Waals surface area contributed by atoms with E-state index in [4.69, 9.17) is 0 Å². The zero-order valence-electron chi connectivity index (χ0n) is 8.54. The first-order chi connectivity index (χ1) is 8.09. The first-order valence-corrected chi connectivity index (χ1v) is 6.51. The van der Waals surface area contributed by atoms with E-state index in [0.29, 0.717) is 10.0 Å². The Bertz CT molecular complexity index is 565. The minimum absolute atomic E-state index is 0.0769. The summed E-state index contributed by atoms with van der Waals surface area (Å²) in [5, 5.41) is 3.46. The van der Waals surface area contributed by atoms with E-state index in [1.54, 1.807) is 10.8 Å². The Labute approximate surface area is 109 Å². The molecule has 1 heterocycles. The van der Waals surface area contributed by atoms with Gasteiger partial charge in [0.15, 0.2) is 17.4 Å². The fraction of sp³-hybridized carbons (Fsp3) is 0.0833. The van der Waals surface area contributed by atoms with Crippen LogP contribution in [0.1, 0.15) is 15.9 Å². The van der Waals surface area contributed by atoms with Gasteiger partial charge in [-0.05, 0) is 27.6 Å². The molecule has 1 nitrogen and oxygen atoms in total. The van der Waals surface area contributed by atoms with Crippen molar-refractivity contribution in [2.24, 2.45) is 0 Å². The van der Waals surface area contributed by atoms with Crippen LogP contribution in [0.3, 0.4) is 0 Å². The molecule has 17 heavy (non-hydrogen) atoms. The van der Waals surface area contributed by atoms with E-state index in [-0.39, 0.29) is 17.8 Å². The number of carbonyl (C=O) groups is 1. The topological polar surface area (TPSA) is 17.1 Å². The molecule has 0 saturated carbocycles. The van der Waals surface area contributed by atoms with Gasteiger partial charge in [-0.1, -0.05) is 12.1 Å². The molecule has 88 valence electrons. The summed E-state index contributed by atoms with van der Waals surface area (Å²) in [6, 6.07) is 3.84. The average molecular weight is 317 g/mol. The molecule has 0 atom stereocenters. The second-order valence-electron chi connectivity index (χ2n) is 3.45. The first-order valence-electron chi connectivity index (χ1n) is 4.77. The Kier molecular flexibility index (Phi) is 3.69. The van der Waals surface area contributed by atoms with Gasteiger partial charge >= 0.3 is 0 Å². The molecule has 0 N–H and O–H groups in total. The lowest BCUT2D eigenvalue weighted by atomic mass is 10.0. The third kappa shape index (κ3) is 2.61. The van der Waals surface area contributed by atoms with Gasteiger partial charge < -0.3 is 0 Å². The van der Waals surface area contributed by atoms with Gasteiger partial charge in [-0.3, -0.25) is 4.79 Å². The number of hydrogen-bond acceptors (Lipinski definition) is 2. The van der Waals surface area contributed by atoms with E-state index in [1.807, 2.05) is 0 Å². The largest absolute Gasteiger partial charge is 0.294 e. The van der Waals surface area contributed by atoms with Crippen molar-refractivity contribution in [3.05, 3.63) is 56.2 Å². The SMILES string of the molecule is O=C(Cc1cccc(F)c1F)c1cscc1Br. The molecular formula is C12H7BrF2OS. The molecule has 2 rings (SSSR count). The normalized spacial score (nSPS) is 10.5. The molecule has 0 radical (unpaired) electrons. The summed E-state index contributed by atoms with van der Waals surface area (Å²) in [5.41, 5.74) is 0.576. The van der Waals surface area contributed by atoms with Crippen LogP contribution in [-0.2, 0) is 6.42 Å². The Morgan fingerprint density at radius 1 is 1.29 bits per heavy atom. The van der Waals surface area contributed by atoms with Crippen LogP contribution in [0.2, 0.25) is 0 Å². The molecule has 5 heteroatoms. The quantitative estimate of drug-likeness (QED) is 0.775. The fourth-order valence-corrected chi connectivity index (χ4v) is 2.95. The molecule has 0 spiro atoms. The van der Waals surface area contributed by atoms with Crippen LogP contribution in [0.25, 0.3) is 0 Å². The van der Waals surface area contributed by atoms with E-state index in [0.717, 1.165) is 6.07 Å². The van der Waals surface area contributed by atoms with Crippen LogP contribution < -0.4 is 0 Å². The van der Waals surface area contributed by atoms with Gasteiger partial charge in [0.2, 0.25) is 0 Å². The van der Waals surface area contributed by atoms with Gasteiger partial charge in [0, 0.05) is 27.2 Å². The number of carbonyl (C=O) groups excluding carboxylic acids is 1. The fourth-order valence-electron chi connectivity index (χ4n) is 1.43. The summed E-state index contributed by atoms with van der Waals surface area (Å²) in [6.45, 7) is 0. The van der Waals surface area contributed by atoms with Crippen molar-refractivity contribution in [1.82, 2.24) is 0 Å². The van der Waals surface area contributed by atoms with Crippen molar-refractivity contribution in [2.45, 2.75) is 6.42 Å². The van der Waals surface area contributed by atoms with Gasteiger partial charge in [0.25, 0.3) is 0 Å². The van der Waals surface area contributed by atoms with Gasteiger partial charge in [0.1, 0.15) is 0 Å². The maximum absolute atomic E-state index is 13.4. The predicted octanol–water partition coefficient (Wildman–Crippen LogP) is 4.21. The summed E-state index contributed by atoms with van der Waals surface area (Å²) in [4.78, 5) is 11.8. The van der Waals surface area contributed by atoms with Crippen LogP contribution in [-0.4, -0.2) is 5.78 Å². The minimum atomic E-state index is -0.952. The standard InChI is InChI=1S/C12H7BrF2OS/c13-9-6-17-5-8(9)11(16)4-7-2-1-3-10(14)12(7)15/h1-3,5-6H,4H2. The minimum Gasteiger partial charge on any atom is -0.294 e. The Hall–Kier alpha value is -1.07. The number of benzene rings is 1. The lowest BCUT2D eigenvalue weighted by Gasteiger charge is -2.02. The Morgan fingerprint density at radius 3 is 2.71 bits per heavy atom. The number of ketones is 1. The van der Waals surface area contributed by atoms with E-state index in [9.17, 15) is 13.6 Å². The van der Waals surface area contributed by atoms with Crippen LogP contribution >= 0.6 is 27.3 Å². The molecule has 2 aromatic rings. The summed E-state index contributed by atoms with van der Waals surface area (Å²) in [5.74, 6) is -2.12. The highest BCUT2D eigenvalue weighted by Gasteiger charge is 2.15. The molecule has 0 fully saturated rings. The van der Waals surface area contributed by atoms with Crippen LogP contribution in [0.4, 0.5) is 8.78 Å². The van der Waals surface area contributed by atoms with Gasteiger partial charge in [-0.2, -0.15) is 11.3 Å². The van der Waals surface area contributed by atoms with Crippen molar-refractivity contribution >= 4 is 33.0 Å².